The Bertz CT molecular complexity index is 611. The maximum Gasteiger partial charge on any atom is 0.224 e. The molecule has 0 fully saturated rings. The van der Waals surface area contributed by atoms with Crippen molar-refractivity contribution in [2.24, 2.45) is 0 Å². The minimum Gasteiger partial charge on any atom is -0.399 e. The number of aryl methyl sites for hydroxylation is 1. The highest BCUT2D eigenvalue weighted by molar-refractivity contribution is 5.90. The third-order valence-electron chi connectivity index (χ3n) is 3.11. The summed E-state index contributed by atoms with van der Waals surface area (Å²) in [5.41, 5.74) is 9.34. The van der Waals surface area contributed by atoms with Crippen LogP contribution in [0.25, 0.3) is 0 Å². The zero-order chi connectivity index (χ0) is 15.1. The number of nitrogen functional groups attached to an aromatic ring is 1. The Balaban J connectivity index is 1.88. The molecule has 4 nitrogen and oxygen atoms in total. The van der Waals surface area contributed by atoms with Gasteiger partial charge in [-0.25, -0.2) is 0 Å². The molecule has 2 aromatic carbocycles. The van der Waals surface area contributed by atoms with E-state index in [1.54, 1.807) is 7.11 Å². The molecule has 0 aliphatic rings. The van der Waals surface area contributed by atoms with Crippen molar-refractivity contribution in [3.63, 3.8) is 0 Å². The number of hydrogen-bond acceptors (Lipinski definition) is 3. The first kappa shape index (κ1) is 15.1. The summed E-state index contributed by atoms with van der Waals surface area (Å²) in [4.78, 5) is 12.0. The van der Waals surface area contributed by atoms with Crippen molar-refractivity contribution in [2.45, 2.75) is 19.4 Å². The normalized spacial score (nSPS) is 10.3. The number of hydrogen-bond donors (Lipinski definition) is 2. The van der Waals surface area contributed by atoms with Gasteiger partial charge in [-0.3, -0.25) is 4.79 Å². The lowest BCUT2D eigenvalue weighted by atomic mass is 10.1. The van der Waals surface area contributed by atoms with E-state index >= 15 is 0 Å². The number of rotatable bonds is 6. The van der Waals surface area contributed by atoms with Crippen molar-refractivity contribution in [1.82, 2.24) is 0 Å². The van der Waals surface area contributed by atoms with Crippen molar-refractivity contribution in [3.8, 4) is 0 Å². The Hall–Kier alpha value is -2.33. The van der Waals surface area contributed by atoms with Crippen molar-refractivity contribution in [3.05, 3.63) is 59.7 Å². The Morgan fingerprint density at radius 2 is 1.90 bits per heavy atom. The van der Waals surface area contributed by atoms with E-state index in [0.717, 1.165) is 22.5 Å². The second-order valence-corrected chi connectivity index (χ2v) is 4.93. The summed E-state index contributed by atoms with van der Waals surface area (Å²) in [6.07, 6.45) is 1.10. The first-order chi connectivity index (χ1) is 10.2. The minimum atomic E-state index is -0.00742. The van der Waals surface area contributed by atoms with E-state index in [-0.39, 0.29) is 5.91 Å². The molecular weight excluding hydrogens is 264 g/mol. The first-order valence-corrected chi connectivity index (χ1v) is 6.89. The third-order valence-corrected chi connectivity index (χ3v) is 3.11. The standard InChI is InChI=1S/C17H20N2O2/c1-21-12-14-5-3-7-16(11-14)19-17(20)9-8-13-4-2-6-15(18)10-13/h2-7,10-11H,8-9,12,18H2,1H3,(H,19,20). The van der Waals surface area contributed by atoms with Crippen molar-refractivity contribution in [1.29, 1.82) is 0 Å². The number of benzene rings is 2. The van der Waals surface area contributed by atoms with Crippen LogP contribution in [0.3, 0.4) is 0 Å². The average Bonchev–Trinajstić information content (AvgIpc) is 2.46. The van der Waals surface area contributed by atoms with Gasteiger partial charge in [0.2, 0.25) is 5.91 Å². The number of methoxy groups -OCH3 is 1. The summed E-state index contributed by atoms with van der Waals surface area (Å²) in [7, 11) is 1.65. The Labute approximate surface area is 124 Å². The van der Waals surface area contributed by atoms with Gasteiger partial charge in [-0.15, -0.1) is 0 Å². The molecule has 4 heteroatoms. The molecule has 0 radical (unpaired) electrons. The van der Waals surface area contributed by atoms with Gasteiger partial charge in [-0.05, 0) is 41.8 Å². The van der Waals surface area contributed by atoms with Gasteiger partial charge in [0.25, 0.3) is 0 Å². The number of amides is 1. The van der Waals surface area contributed by atoms with E-state index in [1.807, 2.05) is 48.5 Å². The molecule has 0 saturated carbocycles. The molecule has 1 amide bonds. The highest BCUT2D eigenvalue weighted by Crippen LogP contribution is 2.13. The van der Waals surface area contributed by atoms with Crippen LogP contribution in [-0.4, -0.2) is 13.0 Å². The molecule has 21 heavy (non-hydrogen) atoms. The van der Waals surface area contributed by atoms with Crippen LogP contribution in [0.2, 0.25) is 0 Å². The van der Waals surface area contributed by atoms with Crippen LogP contribution in [0.5, 0.6) is 0 Å². The van der Waals surface area contributed by atoms with Crippen LogP contribution in [0.15, 0.2) is 48.5 Å². The van der Waals surface area contributed by atoms with E-state index in [4.69, 9.17) is 10.5 Å². The van der Waals surface area contributed by atoms with Gasteiger partial charge in [-0.2, -0.15) is 0 Å². The summed E-state index contributed by atoms with van der Waals surface area (Å²) in [5, 5.41) is 2.90. The Morgan fingerprint density at radius 1 is 1.14 bits per heavy atom. The van der Waals surface area contributed by atoms with Crippen molar-refractivity contribution in [2.75, 3.05) is 18.2 Å². The van der Waals surface area contributed by atoms with Crippen molar-refractivity contribution < 1.29 is 9.53 Å². The van der Waals surface area contributed by atoms with E-state index in [0.29, 0.717) is 19.4 Å². The Morgan fingerprint density at radius 3 is 2.67 bits per heavy atom. The fourth-order valence-electron chi connectivity index (χ4n) is 2.14. The van der Waals surface area contributed by atoms with E-state index in [1.165, 1.54) is 0 Å². The third kappa shape index (κ3) is 4.93. The molecule has 0 aromatic heterocycles. The van der Waals surface area contributed by atoms with Gasteiger partial charge in [0.05, 0.1) is 6.61 Å². The van der Waals surface area contributed by atoms with Gasteiger partial charge in [0, 0.05) is 24.9 Å². The SMILES string of the molecule is COCc1cccc(NC(=O)CCc2cccc(N)c2)c1. The number of carbonyl (C=O) groups is 1. The van der Waals surface area contributed by atoms with Crippen LogP contribution >= 0.6 is 0 Å². The summed E-state index contributed by atoms with van der Waals surface area (Å²) in [6, 6.07) is 15.3. The molecular formula is C17H20N2O2. The number of carbonyl (C=O) groups excluding carboxylic acids is 1. The molecule has 0 spiro atoms. The predicted octanol–water partition coefficient (Wildman–Crippen LogP) is 2.99. The number of ether oxygens (including phenoxy) is 1. The maximum absolute atomic E-state index is 12.0. The van der Waals surface area contributed by atoms with E-state index < -0.39 is 0 Å². The summed E-state index contributed by atoms with van der Waals surface area (Å²) in [6.45, 7) is 0.535. The lowest BCUT2D eigenvalue weighted by Crippen LogP contribution is -2.12. The fourth-order valence-corrected chi connectivity index (χ4v) is 2.14. The fraction of sp³-hybridized carbons (Fsp3) is 0.235. The maximum atomic E-state index is 12.0. The topological polar surface area (TPSA) is 64.3 Å². The molecule has 110 valence electrons. The first-order valence-electron chi connectivity index (χ1n) is 6.89. The van der Waals surface area contributed by atoms with Crippen LogP contribution in [0.1, 0.15) is 17.5 Å². The van der Waals surface area contributed by atoms with Gasteiger partial charge >= 0.3 is 0 Å². The molecule has 3 N–H and O–H groups in total. The number of nitrogens with two attached hydrogens (primary N) is 1. The highest BCUT2D eigenvalue weighted by atomic mass is 16.5. The average molecular weight is 284 g/mol. The summed E-state index contributed by atoms with van der Waals surface area (Å²) < 4.78 is 5.08. The van der Waals surface area contributed by atoms with Gasteiger partial charge < -0.3 is 15.8 Å². The molecule has 0 heterocycles. The summed E-state index contributed by atoms with van der Waals surface area (Å²) >= 11 is 0. The second-order valence-electron chi connectivity index (χ2n) is 4.93. The zero-order valence-electron chi connectivity index (χ0n) is 12.1. The molecule has 2 rings (SSSR count). The van der Waals surface area contributed by atoms with E-state index in [9.17, 15) is 4.79 Å². The van der Waals surface area contributed by atoms with Crippen LogP contribution < -0.4 is 11.1 Å². The number of anilines is 2. The lowest BCUT2D eigenvalue weighted by Gasteiger charge is -2.07. The lowest BCUT2D eigenvalue weighted by molar-refractivity contribution is -0.116. The van der Waals surface area contributed by atoms with Gasteiger partial charge in [-0.1, -0.05) is 24.3 Å². The Kier molecular flexibility index (Phi) is 5.35. The molecule has 0 atom stereocenters. The quantitative estimate of drug-likeness (QED) is 0.801. The van der Waals surface area contributed by atoms with Crippen LogP contribution in [0, 0.1) is 0 Å². The predicted molar refractivity (Wildman–Crippen MR) is 85.0 cm³/mol. The monoisotopic (exact) mass is 284 g/mol. The van der Waals surface area contributed by atoms with Gasteiger partial charge in [0.15, 0.2) is 0 Å². The van der Waals surface area contributed by atoms with Crippen LogP contribution in [-0.2, 0) is 22.6 Å². The minimum absolute atomic E-state index is 0.00742. The number of nitrogens with one attached hydrogen (secondary N) is 1. The molecule has 0 bridgehead atoms. The second kappa shape index (κ2) is 7.45. The zero-order valence-corrected chi connectivity index (χ0v) is 12.1. The smallest absolute Gasteiger partial charge is 0.224 e. The van der Waals surface area contributed by atoms with Gasteiger partial charge in [0.1, 0.15) is 0 Å². The molecule has 0 unspecified atom stereocenters. The molecule has 0 aliphatic carbocycles. The summed E-state index contributed by atoms with van der Waals surface area (Å²) in [5.74, 6) is -0.00742. The molecule has 2 aromatic rings. The molecule has 0 aliphatic heterocycles. The van der Waals surface area contributed by atoms with E-state index in [2.05, 4.69) is 5.32 Å². The molecule has 0 saturated heterocycles. The highest BCUT2D eigenvalue weighted by Gasteiger charge is 2.04. The largest absolute Gasteiger partial charge is 0.399 e. The van der Waals surface area contributed by atoms with Crippen LogP contribution in [0.4, 0.5) is 11.4 Å². The van der Waals surface area contributed by atoms with Crippen molar-refractivity contribution >= 4 is 17.3 Å².